The van der Waals surface area contributed by atoms with E-state index in [2.05, 4.69) is 23.4 Å². The molecule has 2 aromatic rings. The van der Waals surface area contributed by atoms with E-state index < -0.39 is 0 Å². The number of nitrogens with two attached hydrogens (primary N) is 1. The highest BCUT2D eigenvalue weighted by Crippen LogP contribution is 2.21. The van der Waals surface area contributed by atoms with E-state index in [9.17, 15) is 0 Å². The first kappa shape index (κ1) is 10.7. The zero-order valence-electron chi connectivity index (χ0n) is 9.78. The number of fused-ring (bicyclic) bond motifs is 1. The van der Waals surface area contributed by atoms with Gasteiger partial charge in [-0.3, -0.25) is 5.41 Å². The van der Waals surface area contributed by atoms with Crippen LogP contribution >= 0.6 is 0 Å². The van der Waals surface area contributed by atoms with Crippen LogP contribution in [0.1, 0.15) is 31.2 Å². The van der Waals surface area contributed by atoms with Crippen molar-refractivity contribution >= 4 is 16.9 Å². The van der Waals surface area contributed by atoms with Gasteiger partial charge in [-0.1, -0.05) is 13.8 Å². The lowest BCUT2D eigenvalue weighted by atomic mass is 10.2. The van der Waals surface area contributed by atoms with Crippen LogP contribution in [0.3, 0.4) is 0 Å². The Morgan fingerprint density at radius 1 is 1.44 bits per heavy atom. The van der Waals surface area contributed by atoms with Crippen molar-refractivity contribution in [3.05, 3.63) is 29.6 Å². The average molecular weight is 216 g/mol. The Hall–Kier alpha value is -1.84. The highest BCUT2D eigenvalue weighted by Gasteiger charge is 2.11. The van der Waals surface area contributed by atoms with Crippen LogP contribution < -0.4 is 5.73 Å². The molecule has 16 heavy (non-hydrogen) atoms. The topological polar surface area (TPSA) is 67.7 Å². The van der Waals surface area contributed by atoms with E-state index in [1.54, 1.807) is 0 Å². The van der Waals surface area contributed by atoms with E-state index in [1.807, 2.05) is 25.2 Å². The molecule has 1 aromatic heterocycles. The summed E-state index contributed by atoms with van der Waals surface area (Å²) in [6.07, 6.45) is 0. The van der Waals surface area contributed by atoms with Gasteiger partial charge in [0.15, 0.2) is 0 Å². The standard InChI is InChI=1S/C12H16N4/c1-7(2)12-15-9-6-8(11(13)14)4-5-10(9)16(12)3/h4-7H,1-3H3,(H3,13,14). The van der Waals surface area contributed by atoms with Gasteiger partial charge in [0.25, 0.3) is 0 Å². The van der Waals surface area contributed by atoms with Crippen LogP contribution in [0, 0.1) is 5.41 Å². The van der Waals surface area contributed by atoms with Crippen molar-refractivity contribution in [2.24, 2.45) is 12.8 Å². The number of hydrogen-bond acceptors (Lipinski definition) is 2. The van der Waals surface area contributed by atoms with E-state index in [0.717, 1.165) is 22.4 Å². The van der Waals surface area contributed by atoms with E-state index >= 15 is 0 Å². The smallest absolute Gasteiger partial charge is 0.122 e. The molecular weight excluding hydrogens is 200 g/mol. The maximum atomic E-state index is 7.40. The Bertz CT molecular complexity index is 551. The van der Waals surface area contributed by atoms with Crippen molar-refractivity contribution < 1.29 is 0 Å². The number of aryl methyl sites for hydroxylation is 1. The summed E-state index contributed by atoms with van der Waals surface area (Å²) < 4.78 is 2.09. The first-order chi connectivity index (χ1) is 7.50. The van der Waals surface area contributed by atoms with Crippen molar-refractivity contribution in [2.45, 2.75) is 19.8 Å². The van der Waals surface area contributed by atoms with Gasteiger partial charge in [-0.2, -0.15) is 0 Å². The van der Waals surface area contributed by atoms with Gasteiger partial charge in [0.2, 0.25) is 0 Å². The summed E-state index contributed by atoms with van der Waals surface area (Å²) in [7, 11) is 2.01. The predicted molar refractivity (Wildman–Crippen MR) is 65.8 cm³/mol. The molecule has 3 N–H and O–H groups in total. The monoisotopic (exact) mass is 216 g/mol. The fraction of sp³-hybridized carbons (Fsp3) is 0.333. The summed E-state index contributed by atoms with van der Waals surface area (Å²) in [6.45, 7) is 4.24. The number of amidine groups is 1. The largest absolute Gasteiger partial charge is 0.384 e. The molecule has 0 saturated carbocycles. The summed E-state index contributed by atoms with van der Waals surface area (Å²) in [6, 6.07) is 5.69. The molecule has 0 aliphatic carbocycles. The van der Waals surface area contributed by atoms with Gasteiger partial charge >= 0.3 is 0 Å². The molecular formula is C12H16N4. The van der Waals surface area contributed by atoms with E-state index in [4.69, 9.17) is 11.1 Å². The number of nitrogens with zero attached hydrogens (tertiary/aromatic N) is 2. The summed E-state index contributed by atoms with van der Waals surface area (Å²) in [4.78, 5) is 4.57. The SMILES string of the molecule is CC(C)c1nc2cc(C(=N)N)ccc2n1C. The van der Waals surface area contributed by atoms with Gasteiger partial charge < -0.3 is 10.3 Å². The fourth-order valence-electron chi connectivity index (χ4n) is 1.90. The van der Waals surface area contributed by atoms with Crippen LogP contribution in [0.2, 0.25) is 0 Å². The second-order valence-electron chi connectivity index (χ2n) is 4.30. The predicted octanol–water partition coefficient (Wildman–Crippen LogP) is 1.98. The van der Waals surface area contributed by atoms with Gasteiger partial charge in [0, 0.05) is 18.5 Å². The molecule has 0 amide bonds. The Morgan fingerprint density at radius 3 is 2.69 bits per heavy atom. The number of imidazole rings is 1. The Balaban J connectivity index is 2.67. The summed E-state index contributed by atoms with van der Waals surface area (Å²) >= 11 is 0. The second kappa shape index (κ2) is 3.63. The van der Waals surface area contributed by atoms with E-state index in [0.29, 0.717) is 5.92 Å². The van der Waals surface area contributed by atoms with Gasteiger partial charge in [-0.25, -0.2) is 4.98 Å². The lowest BCUT2D eigenvalue weighted by molar-refractivity contribution is 0.722. The Morgan fingerprint density at radius 2 is 2.12 bits per heavy atom. The average Bonchev–Trinajstić information content (AvgIpc) is 2.55. The number of nitrogen functional groups attached to an aromatic ring is 1. The van der Waals surface area contributed by atoms with Crippen molar-refractivity contribution in [3.63, 3.8) is 0 Å². The second-order valence-corrected chi connectivity index (χ2v) is 4.30. The maximum absolute atomic E-state index is 7.40. The van der Waals surface area contributed by atoms with Crippen LogP contribution in [0.4, 0.5) is 0 Å². The number of nitrogens with one attached hydrogen (secondary N) is 1. The van der Waals surface area contributed by atoms with Crippen LogP contribution in [-0.2, 0) is 7.05 Å². The molecule has 0 fully saturated rings. The minimum atomic E-state index is 0.0821. The van der Waals surface area contributed by atoms with Gasteiger partial charge in [-0.05, 0) is 18.2 Å². The van der Waals surface area contributed by atoms with Crippen molar-refractivity contribution in [2.75, 3.05) is 0 Å². The Labute approximate surface area is 94.6 Å². The third-order valence-corrected chi connectivity index (χ3v) is 2.74. The van der Waals surface area contributed by atoms with Gasteiger partial charge in [0.05, 0.1) is 11.0 Å². The molecule has 2 rings (SSSR count). The molecule has 4 heteroatoms. The molecule has 0 radical (unpaired) electrons. The Kier molecular flexibility index (Phi) is 2.42. The molecule has 0 unspecified atom stereocenters. The van der Waals surface area contributed by atoms with Crippen LogP contribution in [0.15, 0.2) is 18.2 Å². The first-order valence-corrected chi connectivity index (χ1v) is 5.31. The molecule has 0 aliphatic heterocycles. The zero-order chi connectivity index (χ0) is 11.9. The minimum Gasteiger partial charge on any atom is -0.384 e. The molecule has 4 nitrogen and oxygen atoms in total. The summed E-state index contributed by atoms with van der Waals surface area (Å²) in [5.74, 6) is 1.52. The molecule has 84 valence electrons. The molecule has 0 spiro atoms. The molecule has 1 aromatic carbocycles. The van der Waals surface area contributed by atoms with Crippen LogP contribution in [0.25, 0.3) is 11.0 Å². The lowest BCUT2D eigenvalue weighted by Gasteiger charge is -2.04. The van der Waals surface area contributed by atoms with Crippen molar-refractivity contribution in [1.82, 2.24) is 9.55 Å². The van der Waals surface area contributed by atoms with Crippen molar-refractivity contribution in [1.29, 1.82) is 5.41 Å². The molecule has 1 heterocycles. The molecule has 0 bridgehead atoms. The number of hydrogen-bond donors (Lipinski definition) is 2. The first-order valence-electron chi connectivity index (χ1n) is 5.31. The van der Waals surface area contributed by atoms with Gasteiger partial charge in [0.1, 0.15) is 11.7 Å². The molecule has 0 atom stereocenters. The normalized spacial score (nSPS) is 11.2. The van der Waals surface area contributed by atoms with Crippen LogP contribution in [-0.4, -0.2) is 15.4 Å². The highest BCUT2D eigenvalue weighted by atomic mass is 15.1. The van der Waals surface area contributed by atoms with Gasteiger partial charge in [-0.15, -0.1) is 0 Å². The third kappa shape index (κ3) is 1.56. The summed E-state index contributed by atoms with van der Waals surface area (Å²) in [5.41, 5.74) is 8.16. The lowest BCUT2D eigenvalue weighted by Crippen LogP contribution is -2.10. The minimum absolute atomic E-state index is 0.0821. The fourth-order valence-corrected chi connectivity index (χ4v) is 1.90. The number of aromatic nitrogens is 2. The number of rotatable bonds is 2. The third-order valence-electron chi connectivity index (χ3n) is 2.74. The summed E-state index contributed by atoms with van der Waals surface area (Å²) in [5, 5.41) is 7.40. The number of benzene rings is 1. The zero-order valence-corrected chi connectivity index (χ0v) is 9.78. The van der Waals surface area contributed by atoms with Crippen LogP contribution in [0.5, 0.6) is 0 Å². The van der Waals surface area contributed by atoms with E-state index in [1.165, 1.54) is 0 Å². The van der Waals surface area contributed by atoms with Crippen molar-refractivity contribution in [3.8, 4) is 0 Å². The highest BCUT2D eigenvalue weighted by molar-refractivity contribution is 5.98. The molecule has 0 saturated heterocycles. The molecule has 0 aliphatic rings. The quantitative estimate of drug-likeness (QED) is 0.595. The van der Waals surface area contributed by atoms with E-state index in [-0.39, 0.29) is 5.84 Å². The maximum Gasteiger partial charge on any atom is 0.122 e.